The summed E-state index contributed by atoms with van der Waals surface area (Å²) in [5.41, 5.74) is 2.21. The van der Waals surface area contributed by atoms with Gasteiger partial charge in [0, 0.05) is 21.3 Å². The van der Waals surface area contributed by atoms with Crippen LogP contribution in [0.25, 0.3) is 0 Å². The monoisotopic (exact) mass is 388 g/mol. The van der Waals surface area contributed by atoms with Crippen molar-refractivity contribution in [3.05, 3.63) is 23.8 Å². The Bertz CT molecular complexity index is 638. The maximum Gasteiger partial charge on any atom is 0.132 e. The molecule has 0 heterocycles. The lowest BCUT2D eigenvalue weighted by Gasteiger charge is -2.56. The van der Waals surface area contributed by atoms with E-state index in [1.807, 2.05) is 0 Å². The van der Waals surface area contributed by atoms with Gasteiger partial charge in [0.25, 0.3) is 0 Å². The summed E-state index contributed by atoms with van der Waals surface area (Å²) < 4.78 is 0. The standard InChI is InChI=1S/C22H29BrO/c1-3-21-14-15(2)20-17-7-5-4-6-16(17)8-9-18(20)19(21)10-11-22(21,24)12-13-23/h6,17-20,24H,2-5,7-11,14H2,1H3/t17-,18-,19-,20+,21-,22+/m0/s1. The van der Waals surface area contributed by atoms with Crippen molar-refractivity contribution in [1.82, 2.24) is 0 Å². The van der Waals surface area contributed by atoms with Crippen LogP contribution in [-0.2, 0) is 0 Å². The molecule has 0 amide bonds. The third kappa shape index (κ3) is 2.17. The van der Waals surface area contributed by atoms with E-state index < -0.39 is 5.60 Å². The van der Waals surface area contributed by atoms with Crippen LogP contribution in [0, 0.1) is 39.8 Å². The van der Waals surface area contributed by atoms with Crippen molar-refractivity contribution in [2.75, 3.05) is 0 Å². The van der Waals surface area contributed by atoms with E-state index in [4.69, 9.17) is 0 Å². The van der Waals surface area contributed by atoms with Crippen molar-refractivity contribution in [3.8, 4) is 10.8 Å². The predicted molar refractivity (Wildman–Crippen MR) is 102 cm³/mol. The lowest BCUT2D eigenvalue weighted by molar-refractivity contribution is -0.0789. The van der Waals surface area contributed by atoms with Crippen LogP contribution in [0.15, 0.2) is 23.8 Å². The van der Waals surface area contributed by atoms with E-state index in [2.05, 4.69) is 46.3 Å². The van der Waals surface area contributed by atoms with Crippen molar-refractivity contribution in [2.24, 2.45) is 29.1 Å². The van der Waals surface area contributed by atoms with Gasteiger partial charge in [0.1, 0.15) is 5.60 Å². The first-order chi connectivity index (χ1) is 11.6. The van der Waals surface area contributed by atoms with E-state index in [-0.39, 0.29) is 5.41 Å². The number of hydrogen-bond acceptors (Lipinski definition) is 1. The molecular weight excluding hydrogens is 360 g/mol. The second-order valence-electron chi connectivity index (χ2n) is 8.61. The van der Waals surface area contributed by atoms with Crippen LogP contribution in [0.1, 0.15) is 64.7 Å². The van der Waals surface area contributed by atoms with Crippen molar-refractivity contribution < 1.29 is 5.11 Å². The second-order valence-corrected chi connectivity index (χ2v) is 9.01. The summed E-state index contributed by atoms with van der Waals surface area (Å²) in [7, 11) is 0. The Balaban J connectivity index is 1.74. The van der Waals surface area contributed by atoms with Gasteiger partial charge in [-0.25, -0.2) is 0 Å². The van der Waals surface area contributed by atoms with Crippen LogP contribution in [0.3, 0.4) is 0 Å². The Morgan fingerprint density at radius 3 is 2.96 bits per heavy atom. The van der Waals surface area contributed by atoms with Gasteiger partial charge >= 0.3 is 0 Å². The Labute approximate surface area is 155 Å². The highest BCUT2D eigenvalue weighted by molar-refractivity contribution is 9.12. The molecule has 130 valence electrons. The Morgan fingerprint density at radius 1 is 1.38 bits per heavy atom. The molecule has 0 saturated heterocycles. The quantitative estimate of drug-likeness (QED) is 0.458. The number of allylic oxidation sites excluding steroid dienone is 3. The summed E-state index contributed by atoms with van der Waals surface area (Å²) in [5.74, 6) is 5.88. The summed E-state index contributed by atoms with van der Waals surface area (Å²) in [6.07, 6.45) is 13.0. The Morgan fingerprint density at radius 2 is 2.21 bits per heavy atom. The zero-order chi connectivity index (χ0) is 16.9. The first kappa shape index (κ1) is 16.9. The van der Waals surface area contributed by atoms with E-state index in [1.54, 1.807) is 5.57 Å². The van der Waals surface area contributed by atoms with Gasteiger partial charge in [-0.1, -0.05) is 36.6 Å². The maximum absolute atomic E-state index is 11.4. The largest absolute Gasteiger partial charge is 0.377 e. The molecular formula is C22H29BrO. The third-order valence-electron chi connectivity index (χ3n) is 8.03. The van der Waals surface area contributed by atoms with Gasteiger partial charge in [0.2, 0.25) is 0 Å². The zero-order valence-electron chi connectivity index (χ0n) is 14.8. The first-order valence-electron chi connectivity index (χ1n) is 9.78. The lowest BCUT2D eigenvalue weighted by Crippen LogP contribution is -2.54. The summed E-state index contributed by atoms with van der Waals surface area (Å²) in [4.78, 5) is 2.85. The highest BCUT2D eigenvalue weighted by Gasteiger charge is 2.64. The molecule has 3 fully saturated rings. The van der Waals surface area contributed by atoms with Crippen LogP contribution in [0.2, 0.25) is 0 Å². The average molecular weight is 389 g/mol. The van der Waals surface area contributed by atoms with Crippen molar-refractivity contribution in [2.45, 2.75) is 70.3 Å². The van der Waals surface area contributed by atoms with Gasteiger partial charge in [0.15, 0.2) is 0 Å². The minimum atomic E-state index is -0.841. The van der Waals surface area contributed by atoms with Gasteiger partial charge in [-0.3, -0.25) is 0 Å². The SMILES string of the molecule is C=C1C[C@@]2(CC)[C@@H](CC[C@@]2(O)C#CBr)[C@@H]2CCC3=CCCC[C@@H]3[C@@H]12. The highest BCUT2D eigenvalue weighted by atomic mass is 79.9. The molecule has 3 saturated carbocycles. The predicted octanol–water partition coefficient (Wildman–Crippen LogP) is 5.59. The fraction of sp³-hybridized carbons (Fsp3) is 0.727. The molecule has 6 atom stereocenters. The summed E-state index contributed by atoms with van der Waals surface area (Å²) >= 11 is 3.24. The molecule has 4 rings (SSSR count). The maximum atomic E-state index is 11.4. The van der Waals surface area contributed by atoms with Crippen LogP contribution in [-0.4, -0.2) is 10.7 Å². The molecule has 0 aromatic rings. The van der Waals surface area contributed by atoms with Crippen molar-refractivity contribution in [3.63, 3.8) is 0 Å². The van der Waals surface area contributed by atoms with Crippen LogP contribution in [0.4, 0.5) is 0 Å². The topological polar surface area (TPSA) is 20.2 Å². The molecule has 0 spiro atoms. The minimum absolute atomic E-state index is 0.0814. The Kier molecular flexibility index (Phi) is 4.25. The molecule has 1 N–H and O–H groups in total. The van der Waals surface area contributed by atoms with E-state index >= 15 is 0 Å². The molecule has 0 radical (unpaired) electrons. The lowest BCUT2D eigenvalue weighted by atomic mass is 9.48. The number of hydrogen-bond donors (Lipinski definition) is 1. The zero-order valence-corrected chi connectivity index (χ0v) is 16.4. The number of fused-ring (bicyclic) bond motifs is 5. The summed E-state index contributed by atoms with van der Waals surface area (Å²) in [5, 5.41) is 11.4. The van der Waals surface area contributed by atoms with Gasteiger partial charge < -0.3 is 5.11 Å². The molecule has 0 aromatic heterocycles. The molecule has 0 aromatic carbocycles. The first-order valence-corrected chi connectivity index (χ1v) is 10.6. The number of aliphatic hydroxyl groups is 1. The molecule has 24 heavy (non-hydrogen) atoms. The van der Waals surface area contributed by atoms with Gasteiger partial charge in [-0.2, -0.15) is 0 Å². The van der Waals surface area contributed by atoms with Crippen molar-refractivity contribution >= 4 is 15.9 Å². The third-order valence-corrected chi connectivity index (χ3v) is 8.23. The fourth-order valence-electron chi connectivity index (χ4n) is 7.07. The van der Waals surface area contributed by atoms with E-state index in [9.17, 15) is 5.11 Å². The van der Waals surface area contributed by atoms with E-state index in [0.29, 0.717) is 17.8 Å². The summed E-state index contributed by atoms with van der Waals surface area (Å²) in [6.45, 7) is 6.82. The van der Waals surface area contributed by atoms with Crippen LogP contribution in [0.5, 0.6) is 0 Å². The van der Waals surface area contributed by atoms with Gasteiger partial charge in [-0.05, 0) is 86.3 Å². The van der Waals surface area contributed by atoms with Crippen molar-refractivity contribution in [1.29, 1.82) is 0 Å². The molecule has 2 heteroatoms. The minimum Gasteiger partial charge on any atom is -0.377 e. The highest BCUT2D eigenvalue weighted by Crippen LogP contribution is 2.67. The van der Waals surface area contributed by atoms with Gasteiger partial charge in [0.05, 0.1) is 0 Å². The molecule has 4 aliphatic carbocycles. The normalized spacial score (nSPS) is 47.0. The molecule has 1 nitrogen and oxygen atoms in total. The van der Waals surface area contributed by atoms with Crippen LogP contribution < -0.4 is 0 Å². The molecule has 0 aliphatic heterocycles. The molecule has 0 bridgehead atoms. The average Bonchev–Trinajstić information content (AvgIpc) is 2.88. The molecule has 0 unspecified atom stereocenters. The second kappa shape index (κ2) is 6.03. The number of halogens is 1. The van der Waals surface area contributed by atoms with E-state index in [0.717, 1.165) is 31.6 Å². The van der Waals surface area contributed by atoms with Gasteiger partial charge in [-0.15, -0.1) is 0 Å². The summed E-state index contributed by atoms with van der Waals surface area (Å²) in [6, 6.07) is 0. The smallest absolute Gasteiger partial charge is 0.132 e. The number of rotatable bonds is 1. The van der Waals surface area contributed by atoms with Crippen LogP contribution >= 0.6 is 15.9 Å². The molecule has 4 aliphatic rings. The fourth-order valence-corrected chi connectivity index (χ4v) is 7.40. The van der Waals surface area contributed by atoms with E-state index in [1.165, 1.54) is 37.7 Å². The Hall–Kier alpha value is -0.520.